The first kappa shape index (κ1) is 17.6. The van der Waals surface area contributed by atoms with Crippen LogP contribution in [0.15, 0.2) is 63.9 Å². The Hall–Kier alpha value is -2.19. The molecule has 0 unspecified atom stereocenters. The summed E-state index contributed by atoms with van der Waals surface area (Å²) in [4.78, 5) is 13.8. The van der Waals surface area contributed by atoms with Gasteiger partial charge in [0.15, 0.2) is 5.17 Å². The Morgan fingerprint density at radius 2 is 1.76 bits per heavy atom. The summed E-state index contributed by atoms with van der Waals surface area (Å²) in [5, 5.41) is -0.394. The lowest BCUT2D eigenvalue weighted by atomic mass is 10.1. The minimum Gasteiger partial charge on any atom is -0.290 e. The Bertz CT molecular complexity index is 913. The highest BCUT2D eigenvalue weighted by Crippen LogP contribution is 2.39. The van der Waals surface area contributed by atoms with Gasteiger partial charge in [-0.3, -0.25) is 9.69 Å². The number of halogens is 1. The van der Waals surface area contributed by atoms with Gasteiger partial charge in [-0.25, -0.2) is 4.39 Å². The van der Waals surface area contributed by atoms with Gasteiger partial charge in [0, 0.05) is 6.54 Å². The van der Waals surface area contributed by atoms with E-state index in [1.54, 1.807) is 6.92 Å². The summed E-state index contributed by atoms with van der Waals surface area (Å²) >= 11 is 1.10. The molecule has 0 spiro atoms. The van der Waals surface area contributed by atoms with Crippen molar-refractivity contribution in [1.82, 2.24) is 4.90 Å². The predicted molar refractivity (Wildman–Crippen MR) is 95.2 cm³/mol. The third-order valence-corrected chi connectivity index (χ3v) is 6.30. The molecular weight excluding hydrogens is 363 g/mol. The number of amides is 1. The van der Waals surface area contributed by atoms with Gasteiger partial charge in [0.25, 0.3) is 10.0 Å². The summed E-state index contributed by atoms with van der Waals surface area (Å²) in [6.07, 6.45) is 0. The van der Waals surface area contributed by atoms with E-state index in [1.807, 2.05) is 30.3 Å². The second kappa shape index (κ2) is 6.97. The molecule has 1 amide bonds. The van der Waals surface area contributed by atoms with Gasteiger partial charge in [0.1, 0.15) is 11.1 Å². The molecule has 0 saturated carbocycles. The quantitative estimate of drug-likeness (QED) is 0.819. The first-order valence-corrected chi connectivity index (χ1v) is 9.88. The fourth-order valence-electron chi connectivity index (χ4n) is 2.42. The highest BCUT2D eigenvalue weighted by molar-refractivity contribution is 8.15. The number of likely N-dealkylation sites (N-methyl/N-ethyl adjacent to an activating group) is 1. The maximum absolute atomic E-state index is 13.0. The number of nitrogens with zero attached hydrogens (tertiary/aromatic N) is 2. The van der Waals surface area contributed by atoms with Crippen molar-refractivity contribution in [2.75, 3.05) is 6.54 Å². The summed E-state index contributed by atoms with van der Waals surface area (Å²) < 4.78 is 41.7. The molecule has 1 aliphatic rings. The Balaban J connectivity index is 1.96. The van der Waals surface area contributed by atoms with Crippen LogP contribution >= 0.6 is 11.8 Å². The molecule has 0 aromatic heterocycles. The molecule has 1 fully saturated rings. The Labute approximate surface area is 149 Å². The van der Waals surface area contributed by atoms with E-state index in [0.29, 0.717) is 6.54 Å². The van der Waals surface area contributed by atoms with E-state index in [9.17, 15) is 17.6 Å². The molecule has 2 aromatic carbocycles. The molecule has 1 heterocycles. The van der Waals surface area contributed by atoms with Gasteiger partial charge in [-0.2, -0.15) is 8.42 Å². The van der Waals surface area contributed by atoms with Crippen molar-refractivity contribution in [1.29, 1.82) is 0 Å². The van der Waals surface area contributed by atoms with Crippen molar-refractivity contribution in [2.24, 2.45) is 4.40 Å². The summed E-state index contributed by atoms with van der Waals surface area (Å²) in [7, 11) is -4.03. The first-order chi connectivity index (χ1) is 11.9. The molecule has 1 atom stereocenters. The molecular formula is C17H15FN2O3S2. The Kier molecular flexibility index (Phi) is 4.91. The van der Waals surface area contributed by atoms with Crippen LogP contribution in [-0.4, -0.2) is 30.9 Å². The SMILES string of the molecule is CCN1C(=O)[C@H](c2ccccc2)SC1=NS(=O)(=O)c1ccc(F)cc1. The van der Waals surface area contributed by atoms with Crippen molar-refractivity contribution in [3.63, 3.8) is 0 Å². The number of hydrogen-bond acceptors (Lipinski definition) is 4. The lowest BCUT2D eigenvalue weighted by Gasteiger charge is -2.13. The number of thioether (sulfide) groups is 1. The zero-order chi connectivity index (χ0) is 18.0. The average Bonchev–Trinajstić information content (AvgIpc) is 2.91. The van der Waals surface area contributed by atoms with E-state index in [0.717, 1.165) is 41.6 Å². The van der Waals surface area contributed by atoms with Gasteiger partial charge in [-0.15, -0.1) is 4.40 Å². The lowest BCUT2D eigenvalue weighted by molar-refractivity contribution is -0.126. The summed E-state index contributed by atoms with van der Waals surface area (Å²) in [5.74, 6) is -0.733. The van der Waals surface area contributed by atoms with Crippen molar-refractivity contribution in [3.8, 4) is 0 Å². The number of carbonyl (C=O) groups is 1. The van der Waals surface area contributed by atoms with Crippen LogP contribution in [0.1, 0.15) is 17.7 Å². The second-order valence-electron chi connectivity index (χ2n) is 5.29. The van der Waals surface area contributed by atoms with E-state index in [1.165, 1.54) is 4.90 Å². The fraction of sp³-hybridized carbons (Fsp3) is 0.176. The molecule has 130 valence electrons. The molecule has 0 N–H and O–H groups in total. The number of hydrogen-bond donors (Lipinski definition) is 0. The highest BCUT2D eigenvalue weighted by atomic mass is 32.2. The number of rotatable bonds is 4. The van der Waals surface area contributed by atoms with Crippen molar-refractivity contribution in [2.45, 2.75) is 17.1 Å². The molecule has 8 heteroatoms. The van der Waals surface area contributed by atoms with Crippen LogP contribution < -0.4 is 0 Å². The molecule has 3 rings (SSSR count). The summed E-state index contributed by atoms with van der Waals surface area (Å²) in [5.41, 5.74) is 0.792. The maximum Gasteiger partial charge on any atom is 0.284 e. The van der Waals surface area contributed by atoms with Gasteiger partial charge >= 0.3 is 0 Å². The fourth-order valence-corrected chi connectivity index (χ4v) is 4.85. The summed E-state index contributed by atoms with van der Waals surface area (Å²) in [6.45, 7) is 2.07. The lowest BCUT2D eigenvalue weighted by Crippen LogP contribution is -2.30. The first-order valence-electron chi connectivity index (χ1n) is 7.56. The molecule has 0 aliphatic carbocycles. The number of benzene rings is 2. The number of carbonyl (C=O) groups excluding carboxylic acids is 1. The predicted octanol–water partition coefficient (Wildman–Crippen LogP) is 3.21. The van der Waals surface area contributed by atoms with E-state index >= 15 is 0 Å². The van der Waals surface area contributed by atoms with Gasteiger partial charge < -0.3 is 0 Å². The maximum atomic E-state index is 13.0. The van der Waals surface area contributed by atoms with Gasteiger partial charge in [-0.05, 0) is 36.8 Å². The molecule has 1 saturated heterocycles. The van der Waals surface area contributed by atoms with Crippen molar-refractivity contribution in [3.05, 3.63) is 66.0 Å². The van der Waals surface area contributed by atoms with E-state index < -0.39 is 21.1 Å². The number of amidine groups is 1. The molecule has 0 bridgehead atoms. The van der Waals surface area contributed by atoms with E-state index in [2.05, 4.69) is 4.40 Å². The van der Waals surface area contributed by atoms with Gasteiger partial charge in [-0.1, -0.05) is 42.1 Å². The highest BCUT2D eigenvalue weighted by Gasteiger charge is 2.39. The van der Waals surface area contributed by atoms with E-state index in [-0.39, 0.29) is 16.0 Å². The minimum absolute atomic E-state index is 0.117. The zero-order valence-corrected chi connectivity index (χ0v) is 14.9. The molecule has 25 heavy (non-hydrogen) atoms. The largest absolute Gasteiger partial charge is 0.290 e. The van der Waals surface area contributed by atoms with Crippen LogP contribution in [0, 0.1) is 5.82 Å². The topological polar surface area (TPSA) is 66.8 Å². The number of sulfonamides is 1. The van der Waals surface area contributed by atoms with Crippen LogP contribution in [0.4, 0.5) is 4.39 Å². The van der Waals surface area contributed by atoms with Gasteiger partial charge in [0.2, 0.25) is 5.91 Å². The summed E-state index contributed by atoms with van der Waals surface area (Å²) in [6, 6.07) is 13.6. The third-order valence-electron chi connectivity index (χ3n) is 3.67. The third kappa shape index (κ3) is 3.59. The smallest absolute Gasteiger partial charge is 0.284 e. The van der Waals surface area contributed by atoms with Crippen LogP contribution in [0.2, 0.25) is 0 Å². The van der Waals surface area contributed by atoms with E-state index in [4.69, 9.17) is 0 Å². The average molecular weight is 378 g/mol. The molecule has 5 nitrogen and oxygen atoms in total. The van der Waals surface area contributed by atoms with Crippen molar-refractivity contribution >= 4 is 32.9 Å². The van der Waals surface area contributed by atoms with Crippen LogP contribution in [0.25, 0.3) is 0 Å². The zero-order valence-electron chi connectivity index (χ0n) is 13.3. The molecule has 0 radical (unpaired) electrons. The van der Waals surface area contributed by atoms with Crippen LogP contribution in [-0.2, 0) is 14.8 Å². The molecule has 1 aliphatic heterocycles. The second-order valence-corrected chi connectivity index (χ2v) is 7.97. The standard InChI is InChI=1S/C17H15FN2O3S2/c1-2-20-16(21)15(12-6-4-3-5-7-12)24-17(20)19-25(22,23)14-10-8-13(18)9-11-14/h3-11,15H,2H2,1H3/t15-/m0/s1. The Morgan fingerprint density at radius 3 is 2.36 bits per heavy atom. The Morgan fingerprint density at radius 1 is 1.12 bits per heavy atom. The normalized spacial score (nSPS) is 19.6. The van der Waals surface area contributed by atoms with Gasteiger partial charge in [0.05, 0.1) is 4.90 Å². The van der Waals surface area contributed by atoms with Crippen molar-refractivity contribution < 1.29 is 17.6 Å². The van der Waals surface area contributed by atoms with Crippen LogP contribution in [0.3, 0.4) is 0 Å². The monoisotopic (exact) mass is 378 g/mol. The minimum atomic E-state index is -4.03. The van der Waals surface area contributed by atoms with Crippen LogP contribution in [0.5, 0.6) is 0 Å². The molecule has 2 aromatic rings.